The molecule has 1 N–H and O–H groups in total. The molecule has 0 spiro atoms. The maximum Gasteiger partial charge on any atom is 0.338 e. The number of benzene rings is 2. The third kappa shape index (κ3) is 4.25. The first-order valence-electron chi connectivity index (χ1n) is 8.91. The molecule has 3 aromatic rings. The van der Waals surface area contributed by atoms with Crippen LogP contribution < -0.4 is 10.9 Å². The summed E-state index contributed by atoms with van der Waals surface area (Å²) in [6.45, 7) is 3.16. The molecule has 1 aromatic heterocycles. The van der Waals surface area contributed by atoms with E-state index in [4.69, 9.17) is 16.3 Å². The Morgan fingerprint density at radius 3 is 2.45 bits per heavy atom. The molecule has 0 aliphatic rings. The molecule has 0 radical (unpaired) electrons. The van der Waals surface area contributed by atoms with Crippen molar-refractivity contribution in [3.8, 4) is 5.69 Å². The van der Waals surface area contributed by atoms with Gasteiger partial charge in [0.05, 0.1) is 16.9 Å². The number of nitrogens with one attached hydrogen (secondary N) is 1. The van der Waals surface area contributed by atoms with Gasteiger partial charge >= 0.3 is 5.97 Å². The molecule has 7 nitrogen and oxygen atoms in total. The first kappa shape index (κ1) is 20.4. The van der Waals surface area contributed by atoms with Crippen LogP contribution in [0.3, 0.4) is 0 Å². The number of carbonyl (C=O) groups is 2. The highest BCUT2D eigenvalue weighted by molar-refractivity contribution is 6.30. The second-order valence-electron chi connectivity index (χ2n) is 6.48. The number of para-hydroxylation sites is 1. The van der Waals surface area contributed by atoms with Gasteiger partial charge in [-0.25, -0.2) is 9.48 Å². The smallest absolute Gasteiger partial charge is 0.338 e. The van der Waals surface area contributed by atoms with Crippen molar-refractivity contribution in [2.45, 2.75) is 20.0 Å². The maximum absolute atomic E-state index is 12.9. The van der Waals surface area contributed by atoms with Gasteiger partial charge < -0.3 is 10.1 Å². The Labute approximate surface area is 172 Å². The third-order valence-electron chi connectivity index (χ3n) is 4.52. The highest BCUT2D eigenvalue weighted by Crippen LogP contribution is 2.16. The number of amides is 1. The fourth-order valence-electron chi connectivity index (χ4n) is 2.83. The molecule has 29 heavy (non-hydrogen) atoms. The van der Waals surface area contributed by atoms with E-state index in [2.05, 4.69) is 5.32 Å². The Hall–Kier alpha value is -3.32. The molecule has 1 heterocycles. The molecule has 2 aromatic carbocycles. The van der Waals surface area contributed by atoms with Gasteiger partial charge in [0.1, 0.15) is 5.69 Å². The van der Waals surface area contributed by atoms with Crippen molar-refractivity contribution in [3.05, 3.63) is 81.2 Å². The molecule has 0 saturated carbocycles. The Morgan fingerprint density at radius 1 is 1.10 bits per heavy atom. The largest absolute Gasteiger partial charge is 0.449 e. The van der Waals surface area contributed by atoms with Crippen molar-refractivity contribution >= 4 is 29.2 Å². The molecular weight excluding hydrogens is 394 g/mol. The normalized spacial score (nSPS) is 11.7. The summed E-state index contributed by atoms with van der Waals surface area (Å²) >= 11 is 5.87. The molecule has 0 unspecified atom stereocenters. The van der Waals surface area contributed by atoms with Crippen molar-refractivity contribution in [1.82, 2.24) is 9.36 Å². The molecule has 8 heteroatoms. The molecule has 1 amide bonds. The number of anilines is 1. The van der Waals surface area contributed by atoms with E-state index in [1.165, 1.54) is 17.7 Å². The Morgan fingerprint density at radius 2 is 1.79 bits per heavy atom. The second kappa shape index (κ2) is 8.36. The highest BCUT2D eigenvalue weighted by Gasteiger charge is 2.23. The highest BCUT2D eigenvalue weighted by atomic mass is 35.5. The van der Waals surface area contributed by atoms with E-state index in [-0.39, 0.29) is 16.8 Å². The number of carbonyl (C=O) groups excluding carboxylic acids is 2. The molecule has 0 aliphatic carbocycles. The topological polar surface area (TPSA) is 82.3 Å². The zero-order chi connectivity index (χ0) is 21.1. The Balaban J connectivity index is 1.79. The van der Waals surface area contributed by atoms with E-state index in [1.54, 1.807) is 49.0 Å². The summed E-state index contributed by atoms with van der Waals surface area (Å²) in [5.74, 6) is -1.28. The summed E-state index contributed by atoms with van der Waals surface area (Å²) in [5, 5.41) is 2.97. The van der Waals surface area contributed by atoms with Gasteiger partial charge in [0.15, 0.2) is 6.10 Å². The first-order valence-corrected chi connectivity index (χ1v) is 9.29. The molecule has 0 bridgehead atoms. The third-order valence-corrected chi connectivity index (χ3v) is 4.75. The second-order valence-corrected chi connectivity index (χ2v) is 6.92. The number of hydrogen-bond donors (Lipinski definition) is 1. The summed E-state index contributed by atoms with van der Waals surface area (Å²) in [4.78, 5) is 37.6. The van der Waals surface area contributed by atoms with Crippen molar-refractivity contribution < 1.29 is 14.3 Å². The van der Waals surface area contributed by atoms with Gasteiger partial charge in [0, 0.05) is 12.1 Å². The number of hydrogen-bond acceptors (Lipinski definition) is 4. The Kier molecular flexibility index (Phi) is 5.89. The van der Waals surface area contributed by atoms with Crippen molar-refractivity contribution in [2.75, 3.05) is 5.32 Å². The lowest BCUT2D eigenvalue weighted by Gasteiger charge is -2.13. The lowest BCUT2D eigenvalue weighted by atomic mass is 10.2. The van der Waals surface area contributed by atoms with E-state index in [0.717, 1.165) is 0 Å². The van der Waals surface area contributed by atoms with Gasteiger partial charge in [-0.15, -0.1) is 0 Å². The molecular formula is C21H20ClN3O4. The maximum atomic E-state index is 12.9. The van der Waals surface area contributed by atoms with Crippen molar-refractivity contribution in [2.24, 2.45) is 7.05 Å². The van der Waals surface area contributed by atoms with Crippen LogP contribution in [0.5, 0.6) is 0 Å². The average Bonchev–Trinajstić information content (AvgIpc) is 2.91. The number of halogens is 1. The SMILES string of the molecule is Cc1c(NC(=O)[C@H](C)OC(=O)c2cccc(Cl)c2)c(=O)n(-c2ccccc2)n1C. The first-order chi connectivity index (χ1) is 13.8. The molecule has 1 atom stereocenters. The summed E-state index contributed by atoms with van der Waals surface area (Å²) in [5.41, 5.74) is 1.23. The monoisotopic (exact) mass is 413 g/mol. The van der Waals surface area contributed by atoms with E-state index in [9.17, 15) is 14.4 Å². The minimum absolute atomic E-state index is 0.131. The number of ether oxygens (including phenoxy) is 1. The fraction of sp³-hybridized carbons (Fsp3) is 0.190. The van der Waals surface area contributed by atoms with E-state index in [0.29, 0.717) is 16.4 Å². The van der Waals surface area contributed by atoms with Gasteiger partial charge in [-0.1, -0.05) is 35.9 Å². The van der Waals surface area contributed by atoms with Crippen LogP contribution in [0.1, 0.15) is 23.0 Å². The van der Waals surface area contributed by atoms with Crippen LogP contribution in [0.15, 0.2) is 59.4 Å². The van der Waals surface area contributed by atoms with Crippen LogP contribution in [0.4, 0.5) is 5.69 Å². The van der Waals surface area contributed by atoms with E-state index >= 15 is 0 Å². The minimum atomic E-state index is -1.11. The summed E-state index contributed by atoms with van der Waals surface area (Å²) in [6, 6.07) is 15.3. The van der Waals surface area contributed by atoms with Crippen molar-refractivity contribution in [3.63, 3.8) is 0 Å². The average molecular weight is 414 g/mol. The number of nitrogens with zero attached hydrogens (tertiary/aromatic N) is 2. The summed E-state index contributed by atoms with van der Waals surface area (Å²) in [7, 11) is 1.72. The molecule has 150 valence electrons. The van der Waals surface area contributed by atoms with E-state index in [1.807, 2.05) is 18.2 Å². The quantitative estimate of drug-likeness (QED) is 0.650. The van der Waals surface area contributed by atoms with Gasteiger partial charge in [0.25, 0.3) is 11.5 Å². The number of esters is 1. The van der Waals surface area contributed by atoms with Crippen LogP contribution in [-0.2, 0) is 16.6 Å². The van der Waals surface area contributed by atoms with Crippen LogP contribution >= 0.6 is 11.6 Å². The van der Waals surface area contributed by atoms with Crippen LogP contribution in [0.25, 0.3) is 5.69 Å². The zero-order valence-electron chi connectivity index (χ0n) is 16.2. The Bertz CT molecular complexity index is 1120. The van der Waals surface area contributed by atoms with Crippen molar-refractivity contribution in [1.29, 1.82) is 0 Å². The summed E-state index contributed by atoms with van der Waals surface area (Å²) < 4.78 is 8.30. The van der Waals surface area contributed by atoms with E-state index < -0.39 is 18.0 Å². The predicted octanol–water partition coefficient (Wildman–Crippen LogP) is 3.32. The van der Waals surface area contributed by atoms with Crippen LogP contribution in [0, 0.1) is 6.92 Å². The molecule has 0 saturated heterocycles. The molecule has 0 aliphatic heterocycles. The molecule has 3 rings (SSSR count). The standard InChI is InChI=1S/C21H20ClN3O4/c1-13-18(20(27)25(24(13)3)17-10-5-4-6-11-17)23-19(26)14(2)29-21(28)15-8-7-9-16(22)12-15/h4-12,14H,1-3H3,(H,23,26)/t14-/m0/s1. The van der Waals surface area contributed by atoms with Gasteiger partial charge in [-0.3, -0.25) is 14.3 Å². The van der Waals surface area contributed by atoms with Crippen LogP contribution in [0.2, 0.25) is 5.02 Å². The van der Waals surface area contributed by atoms with Gasteiger partial charge in [-0.2, -0.15) is 0 Å². The number of aromatic nitrogens is 2. The number of rotatable bonds is 5. The fourth-order valence-corrected chi connectivity index (χ4v) is 3.02. The minimum Gasteiger partial charge on any atom is -0.449 e. The van der Waals surface area contributed by atoms with Gasteiger partial charge in [-0.05, 0) is 44.2 Å². The molecule has 0 fully saturated rings. The van der Waals surface area contributed by atoms with Crippen LogP contribution in [-0.4, -0.2) is 27.3 Å². The summed E-state index contributed by atoms with van der Waals surface area (Å²) in [6.07, 6.45) is -1.11. The van der Waals surface area contributed by atoms with Gasteiger partial charge in [0.2, 0.25) is 0 Å². The predicted molar refractivity (Wildman–Crippen MR) is 111 cm³/mol. The lowest BCUT2D eigenvalue weighted by molar-refractivity contribution is -0.123. The lowest BCUT2D eigenvalue weighted by Crippen LogP contribution is -2.32. The zero-order valence-corrected chi connectivity index (χ0v) is 16.9.